The predicted molar refractivity (Wildman–Crippen MR) is 77.9 cm³/mol. The zero-order valence-corrected chi connectivity index (χ0v) is 12.8. The summed E-state index contributed by atoms with van der Waals surface area (Å²) in [6, 6.07) is -0.279. The Morgan fingerprint density at radius 2 is 1.86 bits per heavy atom. The summed E-state index contributed by atoms with van der Waals surface area (Å²) in [7, 11) is 2.02. The number of likely N-dealkylation sites (N-methyl/N-ethyl adjacent to an activating group) is 1. The van der Waals surface area contributed by atoms with Gasteiger partial charge >= 0.3 is 12.0 Å². The van der Waals surface area contributed by atoms with Gasteiger partial charge in [-0.05, 0) is 39.8 Å². The molecule has 1 aliphatic rings. The first kappa shape index (κ1) is 17.4. The normalized spacial score (nSPS) is 19.9. The van der Waals surface area contributed by atoms with Gasteiger partial charge in [0, 0.05) is 32.0 Å². The zero-order chi connectivity index (χ0) is 15.8. The lowest BCUT2D eigenvalue weighted by molar-refractivity contribution is -0.137. The second-order valence-electron chi connectivity index (χ2n) is 5.61. The molecule has 0 radical (unpaired) electrons. The van der Waals surface area contributed by atoms with Gasteiger partial charge in [0.05, 0.1) is 0 Å². The van der Waals surface area contributed by atoms with Gasteiger partial charge in [-0.15, -0.1) is 0 Å². The van der Waals surface area contributed by atoms with E-state index in [1.54, 1.807) is 4.90 Å². The van der Waals surface area contributed by atoms with Crippen molar-refractivity contribution in [2.24, 2.45) is 0 Å². The van der Waals surface area contributed by atoms with Crippen LogP contribution in [-0.4, -0.2) is 65.5 Å². The lowest BCUT2D eigenvalue weighted by Gasteiger charge is -2.27. The number of carbonyl (C=O) groups is 3. The van der Waals surface area contributed by atoms with E-state index in [1.165, 1.54) is 0 Å². The molecule has 21 heavy (non-hydrogen) atoms. The Bertz CT molecular complexity index is 386. The van der Waals surface area contributed by atoms with E-state index < -0.39 is 5.97 Å². The summed E-state index contributed by atoms with van der Waals surface area (Å²) in [6.45, 7) is 4.35. The maximum absolute atomic E-state index is 12.1. The number of nitrogens with zero attached hydrogens (tertiary/aromatic N) is 2. The Kier molecular flexibility index (Phi) is 7.14. The summed E-state index contributed by atoms with van der Waals surface area (Å²) in [4.78, 5) is 38.0. The number of amides is 3. The van der Waals surface area contributed by atoms with E-state index >= 15 is 0 Å². The molecule has 2 N–H and O–H groups in total. The van der Waals surface area contributed by atoms with Crippen LogP contribution in [0, 0.1) is 0 Å². The summed E-state index contributed by atoms with van der Waals surface area (Å²) in [5.41, 5.74) is 0. The van der Waals surface area contributed by atoms with Crippen molar-refractivity contribution in [3.8, 4) is 0 Å². The Morgan fingerprint density at radius 3 is 2.52 bits per heavy atom. The highest BCUT2D eigenvalue weighted by molar-refractivity contribution is 5.94. The molecule has 1 rings (SSSR count). The smallest absolute Gasteiger partial charge is 0.324 e. The molecule has 1 aliphatic heterocycles. The monoisotopic (exact) mass is 299 g/mol. The average Bonchev–Trinajstić information content (AvgIpc) is 2.55. The number of carboxylic acid groups (broad SMARTS) is 1. The van der Waals surface area contributed by atoms with Gasteiger partial charge in [0.1, 0.15) is 0 Å². The number of rotatable bonds is 5. The highest BCUT2D eigenvalue weighted by Gasteiger charge is 2.24. The molecule has 7 heteroatoms. The number of hydrogen-bond acceptors (Lipinski definition) is 4. The van der Waals surface area contributed by atoms with Crippen molar-refractivity contribution in [1.29, 1.82) is 0 Å². The van der Waals surface area contributed by atoms with Crippen LogP contribution in [-0.2, 0) is 9.59 Å². The van der Waals surface area contributed by atoms with E-state index in [9.17, 15) is 14.4 Å². The largest absolute Gasteiger partial charge is 0.481 e. The Morgan fingerprint density at radius 1 is 1.19 bits per heavy atom. The molecule has 0 aliphatic carbocycles. The molecule has 0 aromatic heterocycles. The maximum atomic E-state index is 12.1. The summed E-state index contributed by atoms with van der Waals surface area (Å²) in [6.07, 6.45) is 2.05. The van der Waals surface area contributed by atoms with Gasteiger partial charge < -0.3 is 14.9 Å². The van der Waals surface area contributed by atoms with Crippen LogP contribution in [0.5, 0.6) is 0 Å². The van der Waals surface area contributed by atoms with Gasteiger partial charge in [-0.1, -0.05) is 0 Å². The number of hydrogen-bond donors (Lipinski definition) is 2. The molecule has 7 nitrogen and oxygen atoms in total. The zero-order valence-electron chi connectivity index (χ0n) is 12.8. The third kappa shape index (κ3) is 6.57. The topological polar surface area (TPSA) is 90.0 Å². The minimum atomic E-state index is -0.867. The van der Waals surface area contributed by atoms with Crippen LogP contribution in [0.15, 0.2) is 0 Å². The van der Waals surface area contributed by atoms with Crippen LogP contribution in [0.4, 0.5) is 4.79 Å². The number of carbonyl (C=O) groups excluding carboxylic acids is 2. The maximum Gasteiger partial charge on any atom is 0.324 e. The van der Waals surface area contributed by atoms with Crippen molar-refractivity contribution >= 4 is 17.9 Å². The summed E-state index contributed by atoms with van der Waals surface area (Å²) in [5.74, 6) is -1.20. The first-order valence-corrected chi connectivity index (χ1v) is 7.41. The van der Waals surface area contributed by atoms with E-state index in [1.807, 2.05) is 14.0 Å². The van der Waals surface area contributed by atoms with Crippen LogP contribution < -0.4 is 5.32 Å². The number of urea groups is 1. The first-order chi connectivity index (χ1) is 9.90. The van der Waals surface area contributed by atoms with Crippen molar-refractivity contribution in [3.05, 3.63) is 0 Å². The fourth-order valence-electron chi connectivity index (χ4n) is 2.49. The minimum absolute atomic E-state index is 0.0523. The molecule has 1 heterocycles. The Labute approximate surface area is 125 Å². The second-order valence-corrected chi connectivity index (χ2v) is 5.61. The number of nitrogens with one attached hydrogen (secondary N) is 1. The summed E-state index contributed by atoms with van der Waals surface area (Å²) >= 11 is 0. The molecule has 0 aromatic rings. The van der Waals surface area contributed by atoms with Crippen molar-refractivity contribution < 1.29 is 19.5 Å². The van der Waals surface area contributed by atoms with Crippen LogP contribution in [0.3, 0.4) is 0 Å². The Balaban J connectivity index is 2.34. The highest BCUT2D eigenvalue weighted by atomic mass is 16.4. The van der Waals surface area contributed by atoms with Gasteiger partial charge in [-0.2, -0.15) is 0 Å². The average molecular weight is 299 g/mol. The molecular weight excluding hydrogens is 274 g/mol. The van der Waals surface area contributed by atoms with Crippen molar-refractivity contribution in [2.45, 2.75) is 45.1 Å². The van der Waals surface area contributed by atoms with Gasteiger partial charge in [-0.3, -0.25) is 14.9 Å². The van der Waals surface area contributed by atoms with Gasteiger partial charge in [-0.25, -0.2) is 4.79 Å². The molecule has 1 saturated heterocycles. The molecule has 120 valence electrons. The van der Waals surface area contributed by atoms with Crippen molar-refractivity contribution in [2.75, 3.05) is 26.7 Å². The third-order valence-corrected chi connectivity index (χ3v) is 3.60. The molecule has 1 fully saturated rings. The third-order valence-electron chi connectivity index (χ3n) is 3.60. The second kappa shape index (κ2) is 8.61. The van der Waals surface area contributed by atoms with Crippen LogP contribution in [0.2, 0.25) is 0 Å². The lowest BCUT2D eigenvalue weighted by atomic mass is 10.2. The molecule has 1 atom stereocenters. The molecule has 0 aromatic carbocycles. The van der Waals surface area contributed by atoms with Crippen LogP contribution in [0.25, 0.3) is 0 Å². The lowest BCUT2D eigenvalue weighted by Crippen LogP contribution is -2.48. The summed E-state index contributed by atoms with van der Waals surface area (Å²) in [5, 5.41) is 10.9. The van der Waals surface area contributed by atoms with E-state index in [-0.39, 0.29) is 30.8 Å². The molecular formula is C14H25N3O4. The van der Waals surface area contributed by atoms with Crippen molar-refractivity contribution in [3.63, 3.8) is 0 Å². The van der Waals surface area contributed by atoms with E-state index in [4.69, 9.17) is 5.11 Å². The quantitative estimate of drug-likeness (QED) is 0.736. The molecule has 0 spiro atoms. The molecule has 0 saturated carbocycles. The first-order valence-electron chi connectivity index (χ1n) is 7.41. The number of imide groups is 1. The van der Waals surface area contributed by atoms with Gasteiger partial charge in [0.25, 0.3) is 0 Å². The van der Waals surface area contributed by atoms with Crippen LogP contribution >= 0.6 is 0 Å². The molecule has 3 amide bonds. The Hall–Kier alpha value is -1.63. The number of carboxylic acids is 1. The van der Waals surface area contributed by atoms with E-state index in [0.717, 1.165) is 19.5 Å². The van der Waals surface area contributed by atoms with Crippen LogP contribution in [0.1, 0.15) is 39.0 Å². The fraction of sp³-hybridized carbons (Fsp3) is 0.786. The SMILES string of the molecule is CC1CN(C)CCCN1C(=O)NC(=O)CCCCC(=O)O. The minimum Gasteiger partial charge on any atom is -0.481 e. The molecule has 0 bridgehead atoms. The molecule has 1 unspecified atom stereocenters. The van der Waals surface area contributed by atoms with E-state index in [2.05, 4.69) is 10.2 Å². The standard InChI is InChI=1S/C14H25N3O4/c1-11-10-16(2)8-5-9-17(11)14(21)15-12(18)6-3-4-7-13(19)20/h11H,3-10H2,1-2H3,(H,19,20)(H,15,18,21). The highest BCUT2D eigenvalue weighted by Crippen LogP contribution is 2.09. The van der Waals surface area contributed by atoms with Gasteiger partial charge in [0.15, 0.2) is 0 Å². The van der Waals surface area contributed by atoms with Gasteiger partial charge in [0.2, 0.25) is 5.91 Å². The fourth-order valence-corrected chi connectivity index (χ4v) is 2.49. The van der Waals surface area contributed by atoms with Crippen molar-refractivity contribution in [1.82, 2.24) is 15.1 Å². The predicted octanol–water partition coefficient (Wildman–Crippen LogP) is 0.894. The number of unbranched alkanes of at least 4 members (excludes halogenated alkanes) is 1. The number of aliphatic carboxylic acids is 1. The summed E-state index contributed by atoms with van der Waals surface area (Å²) < 4.78 is 0. The van der Waals surface area contributed by atoms with E-state index in [0.29, 0.717) is 19.4 Å².